The van der Waals surface area contributed by atoms with Crippen LogP contribution in [0.4, 0.5) is 0 Å². The van der Waals surface area contributed by atoms with Crippen LogP contribution in [0.1, 0.15) is 34.1 Å². The number of ether oxygens (including phenoxy) is 3. The SMILES string of the molecule is C=CC[C@H]1O[C@H](COC(C)=O)[C@@H](C)[C@H](C)[C@@H]1OC(C)=O. The van der Waals surface area contributed by atoms with E-state index in [0.29, 0.717) is 6.42 Å². The molecule has 0 N–H and O–H groups in total. The van der Waals surface area contributed by atoms with Crippen LogP contribution in [0.5, 0.6) is 0 Å². The highest BCUT2D eigenvalue weighted by molar-refractivity contribution is 5.66. The van der Waals surface area contributed by atoms with Crippen molar-refractivity contribution in [2.45, 2.75) is 52.4 Å². The van der Waals surface area contributed by atoms with Gasteiger partial charge in [-0.05, 0) is 12.3 Å². The van der Waals surface area contributed by atoms with Gasteiger partial charge >= 0.3 is 11.9 Å². The van der Waals surface area contributed by atoms with Crippen LogP contribution in [0.25, 0.3) is 0 Å². The molecule has 1 aliphatic heterocycles. The first-order valence-electron chi connectivity index (χ1n) is 6.93. The minimum atomic E-state index is -0.323. The zero-order chi connectivity index (χ0) is 15.3. The molecule has 1 rings (SSSR count). The first kappa shape index (κ1) is 16.7. The Balaban J connectivity index is 2.79. The zero-order valence-electron chi connectivity index (χ0n) is 12.6. The summed E-state index contributed by atoms with van der Waals surface area (Å²) in [5.74, 6) is -0.390. The third kappa shape index (κ3) is 4.34. The molecule has 0 aromatic heterocycles. The predicted molar refractivity (Wildman–Crippen MR) is 74.0 cm³/mol. The smallest absolute Gasteiger partial charge is 0.303 e. The molecule has 5 heteroatoms. The van der Waals surface area contributed by atoms with Crippen molar-refractivity contribution in [1.29, 1.82) is 0 Å². The van der Waals surface area contributed by atoms with Gasteiger partial charge in [-0.2, -0.15) is 0 Å². The monoisotopic (exact) mass is 284 g/mol. The summed E-state index contributed by atoms with van der Waals surface area (Å²) in [6.07, 6.45) is 1.60. The Morgan fingerprint density at radius 1 is 1.15 bits per heavy atom. The number of carbonyl (C=O) groups excluding carboxylic acids is 2. The Morgan fingerprint density at radius 2 is 1.80 bits per heavy atom. The maximum atomic E-state index is 11.2. The van der Waals surface area contributed by atoms with E-state index in [1.54, 1.807) is 6.08 Å². The van der Waals surface area contributed by atoms with Crippen LogP contribution in [0.3, 0.4) is 0 Å². The normalized spacial score (nSPS) is 33.3. The van der Waals surface area contributed by atoms with Gasteiger partial charge in [0.25, 0.3) is 0 Å². The Labute approximate surface area is 120 Å². The molecule has 114 valence electrons. The lowest BCUT2D eigenvalue weighted by Crippen LogP contribution is -2.52. The summed E-state index contributed by atoms with van der Waals surface area (Å²) >= 11 is 0. The largest absolute Gasteiger partial charge is 0.463 e. The highest BCUT2D eigenvalue weighted by Crippen LogP contribution is 2.34. The van der Waals surface area contributed by atoms with E-state index in [2.05, 4.69) is 6.58 Å². The highest BCUT2D eigenvalue weighted by Gasteiger charge is 2.43. The van der Waals surface area contributed by atoms with E-state index < -0.39 is 0 Å². The van der Waals surface area contributed by atoms with Gasteiger partial charge in [0.2, 0.25) is 0 Å². The first-order chi connectivity index (χ1) is 9.36. The van der Waals surface area contributed by atoms with E-state index in [0.717, 1.165) is 0 Å². The first-order valence-corrected chi connectivity index (χ1v) is 6.93. The van der Waals surface area contributed by atoms with Gasteiger partial charge in [0.15, 0.2) is 0 Å². The quantitative estimate of drug-likeness (QED) is 0.571. The van der Waals surface area contributed by atoms with Crippen LogP contribution in [-0.2, 0) is 23.8 Å². The zero-order valence-corrected chi connectivity index (χ0v) is 12.6. The minimum absolute atomic E-state index is 0.123. The summed E-state index contributed by atoms with van der Waals surface area (Å²) < 4.78 is 16.4. The Bertz CT molecular complexity index is 363. The fourth-order valence-electron chi connectivity index (χ4n) is 2.52. The van der Waals surface area contributed by atoms with Crippen molar-refractivity contribution in [1.82, 2.24) is 0 Å². The average molecular weight is 284 g/mol. The molecule has 0 aromatic carbocycles. The summed E-state index contributed by atoms with van der Waals surface area (Å²) in [4.78, 5) is 22.2. The third-order valence-electron chi connectivity index (χ3n) is 3.80. The molecule has 0 saturated carbocycles. The molecule has 0 spiro atoms. The summed E-state index contributed by atoms with van der Waals surface area (Å²) in [5.41, 5.74) is 0. The van der Waals surface area contributed by atoms with Gasteiger partial charge in [0.1, 0.15) is 12.7 Å². The molecule has 5 atom stereocenters. The number of hydrogen-bond acceptors (Lipinski definition) is 5. The van der Waals surface area contributed by atoms with Crippen molar-refractivity contribution in [3.63, 3.8) is 0 Å². The number of carbonyl (C=O) groups is 2. The minimum Gasteiger partial charge on any atom is -0.463 e. The third-order valence-corrected chi connectivity index (χ3v) is 3.80. The van der Waals surface area contributed by atoms with Gasteiger partial charge in [-0.1, -0.05) is 19.9 Å². The summed E-state index contributed by atoms with van der Waals surface area (Å²) in [5, 5.41) is 0. The number of esters is 2. The van der Waals surface area contributed by atoms with Crippen molar-refractivity contribution < 1.29 is 23.8 Å². The Hall–Kier alpha value is -1.36. The van der Waals surface area contributed by atoms with Crippen LogP contribution >= 0.6 is 0 Å². The average Bonchev–Trinajstić information content (AvgIpc) is 2.36. The molecular formula is C15H24O5. The Kier molecular flexibility index (Phi) is 6.20. The van der Waals surface area contributed by atoms with Crippen LogP contribution in [0.2, 0.25) is 0 Å². The topological polar surface area (TPSA) is 61.8 Å². The second kappa shape index (κ2) is 7.43. The van der Waals surface area contributed by atoms with E-state index in [1.807, 2.05) is 13.8 Å². The van der Waals surface area contributed by atoms with Gasteiger partial charge in [-0.15, -0.1) is 6.58 Å². The van der Waals surface area contributed by atoms with Crippen LogP contribution in [0, 0.1) is 11.8 Å². The van der Waals surface area contributed by atoms with E-state index in [4.69, 9.17) is 14.2 Å². The molecule has 0 radical (unpaired) electrons. The lowest BCUT2D eigenvalue weighted by Gasteiger charge is -2.43. The van der Waals surface area contributed by atoms with Gasteiger partial charge in [0, 0.05) is 19.8 Å². The number of rotatable bonds is 5. The fourth-order valence-corrected chi connectivity index (χ4v) is 2.52. The van der Waals surface area contributed by atoms with Crippen molar-refractivity contribution in [2.24, 2.45) is 11.8 Å². The molecule has 0 unspecified atom stereocenters. The molecule has 1 saturated heterocycles. The van der Waals surface area contributed by atoms with Gasteiger partial charge < -0.3 is 14.2 Å². The second-order valence-corrected chi connectivity index (χ2v) is 5.33. The van der Waals surface area contributed by atoms with Gasteiger partial charge in [-0.25, -0.2) is 0 Å². The van der Waals surface area contributed by atoms with Crippen LogP contribution in [0.15, 0.2) is 12.7 Å². The van der Waals surface area contributed by atoms with Crippen LogP contribution in [-0.4, -0.2) is 36.9 Å². The molecule has 0 aliphatic carbocycles. The van der Waals surface area contributed by atoms with E-state index in [9.17, 15) is 9.59 Å². The van der Waals surface area contributed by atoms with Gasteiger partial charge in [0.05, 0.1) is 12.2 Å². The van der Waals surface area contributed by atoms with E-state index in [-0.39, 0.29) is 48.7 Å². The molecule has 0 amide bonds. The lowest BCUT2D eigenvalue weighted by molar-refractivity contribution is -0.202. The molecule has 5 nitrogen and oxygen atoms in total. The number of hydrogen-bond donors (Lipinski definition) is 0. The highest BCUT2D eigenvalue weighted by atomic mass is 16.6. The van der Waals surface area contributed by atoms with Crippen LogP contribution < -0.4 is 0 Å². The maximum Gasteiger partial charge on any atom is 0.303 e. The van der Waals surface area contributed by atoms with Crippen molar-refractivity contribution in [3.05, 3.63) is 12.7 Å². The van der Waals surface area contributed by atoms with E-state index >= 15 is 0 Å². The molecule has 20 heavy (non-hydrogen) atoms. The summed E-state index contributed by atoms with van der Waals surface area (Å²) in [7, 11) is 0. The molecule has 0 aromatic rings. The predicted octanol–water partition coefficient (Wildman–Crippen LogP) is 2.10. The van der Waals surface area contributed by atoms with Crippen molar-refractivity contribution in [3.8, 4) is 0 Å². The lowest BCUT2D eigenvalue weighted by atomic mass is 9.80. The van der Waals surface area contributed by atoms with Crippen molar-refractivity contribution in [2.75, 3.05) is 6.61 Å². The maximum absolute atomic E-state index is 11.2. The molecule has 0 bridgehead atoms. The molecule has 1 heterocycles. The van der Waals surface area contributed by atoms with Gasteiger partial charge in [-0.3, -0.25) is 9.59 Å². The van der Waals surface area contributed by atoms with E-state index in [1.165, 1.54) is 13.8 Å². The Morgan fingerprint density at radius 3 is 2.30 bits per heavy atom. The standard InChI is InChI=1S/C15H24O5/c1-6-7-13-15(19-12(5)17)10(3)9(2)14(20-13)8-18-11(4)16/h6,9-10,13-15H,1,7-8H2,2-5H3/t9-,10-,13+,14+,15-/m0/s1. The van der Waals surface area contributed by atoms with Crippen molar-refractivity contribution >= 4 is 11.9 Å². The molecule has 1 aliphatic rings. The fraction of sp³-hybridized carbons (Fsp3) is 0.733. The molecular weight excluding hydrogens is 260 g/mol. The second-order valence-electron chi connectivity index (χ2n) is 5.33. The molecule has 1 fully saturated rings. The summed E-state index contributed by atoms with van der Waals surface area (Å²) in [6, 6.07) is 0. The summed E-state index contributed by atoms with van der Waals surface area (Å²) in [6.45, 7) is 10.7.